The van der Waals surface area contributed by atoms with E-state index in [1.165, 1.54) is 6.20 Å². The highest BCUT2D eigenvalue weighted by atomic mass is 79.9. The van der Waals surface area contributed by atoms with Crippen molar-refractivity contribution in [2.24, 2.45) is 0 Å². The van der Waals surface area contributed by atoms with E-state index in [2.05, 4.69) is 20.9 Å². The predicted octanol–water partition coefficient (Wildman–Crippen LogP) is 4.25. The first-order chi connectivity index (χ1) is 14.7. The molecule has 164 valence electrons. The summed E-state index contributed by atoms with van der Waals surface area (Å²) < 4.78 is 45.4. The molecule has 0 saturated heterocycles. The van der Waals surface area contributed by atoms with Gasteiger partial charge in [-0.3, -0.25) is 14.0 Å². The number of carbonyl (C=O) groups is 1. The molecule has 1 aromatic carbocycles. The van der Waals surface area contributed by atoms with Crippen LogP contribution in [0.4, 0.5) is 13.2 Å². The number of hydrogen-bond acceptors (Lipinski definition) is 4. The molecule has 0 spiro atoms. The van der Waals surface area contributed by atoms with E-state index < -0.39 is 21.9 Å². The maximum absolute atomic E-state index is 13.3. The highest BCUT2D eigenvalue weighted by molar-refractivity contribution is 9.10. The molecular weight excluding hydrogens is 479 g/mol. The summed E-state index contributed by atoms with van der Waals surface area (Å²) in [7, 11) is 1.55. The van der Waals surface area contributed by atoms with Gasteiger partial charge in [0.15, 0.2) is 5.69 Å². The zero-order chi connectivity index (χ0) is 22.8. The quantitative estimate of drug-likeness (QED) is 0.510. The number of benzene rings is 1. The van der Waals surface area contributed by atoms with E-state index in [9.17, 15) is 22.8 Å². The van der Waals surface area contributed by atoms with Crippen LogP contribution in [0.15, 0.2) is 51.9 Å². The number of carbonyl (C=O) groups excluding carboxylic acids is 1. The average molecular weight is 498 g/mol. The summed E-state index contributed by atoms with van der Waals surface area (Å²) in [4.78, 5) is 30.4. The molecule has 0 saturated carbocycles. The Balaban J connectivity index is 2.05. The number of methoxy groups -OCH3 is 1. The second-order valence-electron chi connectivity index (χ2n) is 6.65. The number of alkyl halides is 3. The predicted molar refractivity (Wildman–Crippen MR) is 113 cm³/mol. The number of rotatable bonds is 6. The fourth-order valence-corrected chi connectivity index (χ4v) is 3.64. The summed E-state index contributed by atoms with van der Waals surface area (Å²) in [6.07, 6.45) is -3.44. The van der Waals surface area contributed by atoms with E-state index in [4.69, 9.17) is 4.74 Å². The molecule has 0 radical (unpaired) electrons. The highest BCUT2D eigenvalue weighted by Gasteiger charge is 2.37. The molecular formula is C21H19BrF3N3O3. The molecule has 6 nitrogen and oxygen atoms in total. The van der Waals surface area contributed by atoms with Crippen LogP contribution in [0.1, 0.15) is 23.0 Å². The minimum absolute atomic E-state index is 0.127. The Labute approximate surface area is 184 Å². The molecule has 2 heterocycles. The number of pyridine rings is 1. The third-order valence-electron chi connectivity index (χ3n) is 4.74. The van der Waals surface area contributed by atoms with E-state index >= 15 is 0 Å². The van der Waals surface area contributed by atoms with Gasteiger partial charge in [0.05, 0.1) is 6.61 Å². The van der Waals surface area contributed by atoms with Crippen LogP contribution < -0.4 is 5.56 Å². The Kier molecular flexibility index (Phi) is 6.80. The van der Waals surface area contributed by atoms with Crippen LogP contribution >= 0.6 is 15.9 Å². The molecule has 0 aliphatic heterocycles. The topological polar surface area (TPSA) is 63.9 Å². The van der Waals surface area contributed by atoms with Crippen LogP contribution in [-0.2, 0) is 10.9 Å². The second-order valence-corrected chi connectivity index (χ2v) is 7.44. The molecule has 0 N–H and O–H groups in total. The van der Waals surface area contributed by atoms with Crippen LogP contribution in [-0.4, -0.2) is 47.0 Å². The van der Waals surface area contributed by atoms with Crippen molar-refractivity contribution in [2.45, 2.75) is 13.1 Å². The Hall–Kier alpha value is -2.72. The summed E-state index contributed by atoms with van der Waals surface area (Å²) in [5.74, 6) is -0.179. The van der Waals surface area contributed by atoms with Crippen molar-refractivity contribution in [3.05, 3.63) is 68.7 Å². The van der Waals surface area contributed by atoms with Crippen molar-refractivity contribution in [3.63, 3.8) is 0 Å². The van der Waals surface area contributed by atoms with Gasteiger partial charge in [0, 0.05) is 37.5 Å². The number of ether oxygens (including phenoxy) is 1. The monoisotopic (exact) mass is 497 g/mol. The van der Waals surface area contributed by atoms with Gasteiger partial charge in [-0.2, -0.15) is 13.2 Å². The maximum Gasteiger partial charge on any atom is 0.434 e. The minimum atomic E-state index is -4.79. The average Bonchev–Trinajstić information content (AvgIpc) is 2.75. The molecule has 2 aromatic heterocycles. The van der Waals surface area contributed by atoms with Crippen LogP contribution in [0.2, 0.25) is 0 Å². The van der Waals surface area contributed by atoms with Crippen molar-refractivity contribution in [2.75, 3.05) is 26.8 Å². The Morgan fingerprint density at radius 2 is 1.90 bits per heavy atom. The van der Waals surface area contributed by atoms with Gasteiger partial charge in [-0.25, -0.2) is 4.98 Å². The summed E-state index contributed by atoms with van der Waals surface area (Å²) >= 11 is 2.71. The number of hydrogen-bond donors (Lipinski definition) is 0. The van der Waals surface area contributed by atoms with Gasteiger partial charge in [0.1, 0.15) is 10.1 Å². The van der Waals surface area contributed by atoms with Crippen LogP contribution in [0.3, 0.4) is 0 Å². The van der Waals surface area contributed by atoms with E-state index in [1.54, 1.807) is 48.4 Å². The molecule has 3 rings (SSSR count). The SMILES string of the molecule is CCN(CCOC)C(=O)c1ccc(-c2cccn3c(=O)c(Br)c(C(F)(F)F)nc23)cc1. The smallest absolute Gasteiger partial charge is 0.383 e. The first-order valence-corrected chi connectivity index (χ1v) is 10.1. The van der Waals surface area contributed by atoms with Gasteiger partial charge in [0.25, 0.3) is 11.5 Å². The summed E-state index contributed by atoms with van der Waals surface area (Å²) in [5, 5.41) is 0. The minimum Gasteiger partial charge on any atom is -0.383 e. The highest BCUT2D eigenvalue weighted by Crippen LogP contribution is 2.33. The maximum atomic E-state index is 13.3. The van der Waals surface area contributed by atoms with E-state index in [0.29, 0.717) is 36.4 Å². The fraction of sp³-hybridized carbons (Fsp3) is 0.286. The first kappa shape index (κ1) is 23.0. The molecule has 31 heavy (non-hydrogen) atoms. The van der Waals surface area contributed by atoms with E-state index in [1.807, 2.05) is 6.92 Å². The van der Waals surface area contributed by atoms with Crippen LogP contribution in [0.5, 0.6) is 0 Å². The third kappa shape index (κ3) is 4.64. The Bertz CT molecular complexity index is 1160. The van der Waals surface area contributed by atoms with Crippen molar-refractivity contribution in [3.8, 4) is 11.1 Å². The van der Waals surface area contributed by atoms with Gasteiger partial charge in [0.2, 0.25) is 0 Å². The lowest BCUT2D eigenvalue weighted by Crippen LogP contribution is -2.33. The number of fused-ring (bicyclic) bond motifs is 1. The lowest BCUT2D eigenvalue weighted by Gasteiger charge is -2.20. The summed E-state index contributed by atoms with van der Waals surface area (Å²) in [5.41, 5.74) is -0.973. The molecule has 0 atom stereocenters. The number of nitrogens with zero attached hydrogens (tertiary/aromatic N) is 3. The zero-order valence-corrected chi connectivity index (χ0v) is 18.3. The standard InChI is InChI=1S/C21H19BrF3N3O3/c1-3-27(11-12-31-2)19(29)14-8-6-13(7-9-14)15-5-4-10-28-18(15)26-17(21(23,24)25)16(22)20(28)30/h4-10H,3,11-12H2,1-2H3. The van der Waals surface area contributed by atoms with Crippen molar-refractivity contribution >= 4 is 27.5 Å². The summed E-state index contributed by atoms with van der Waals surface area (Å²) in [6.45, 7) is 3.22. The molecule has 10 heteroatoms. The third-order valence-corrected chi connectivity index (χ3v) is 5.46. The van der Waals surface area contributed by atoms with E-state index in [-0.39, 0.29) is 11.6 Å². The zero-order valence-electron chi connectivity index (χ0n) is 16.7. The Morgan fingerprint density at radius 3 is 2.48 bits per heavy atom. The number of halogens is 4. The molecule has 3 aromatic rings. The summed E-state index contributed by atoms with van der Waals surface area (Å²) in [6, 6.07) is 9.55. The van der Waals surface area contributed by atoms with Gasteiger partial charge in [-0.05, 0) is 52.7 Å². The number of amides is 1. The molecule has 0 aliphatic carbocycles. The lowest BCUT2D eigenvalue weighted by molar-refractivity contribution is -0.141. The number of aromatic nitrogens is 2. The molecule has 0 fully saturated rings. The van der Waals surface area contributed by atoms with Gasteiger partial charge >= 0.3 is 6.18 Å². The fourth-order valence-electron chi connectivity index (χ4n) is 3.13. The van der Waals surface area contributed by atoms with Crippen molar-refractivity contribution in [1.29, 1.82) is 0 Å². The van der Waals surface area contributed by atoms with Crippen LogP contribution in [0.25, 0.3) is 16.8 Å². The second kappa shape index (κ2) is 9.19. The Morgan fingerprint density at radius 1 is 1.23 bits per heavy atom. The van der Waals surface area contributed by atoms with Crippen LogP contribution in [0, 0.1) is 0 Å². The van der Waals surface area contributed by atoms with Gasteiger partial charge in [-0.1, -0.05) is 12.1 Å². The van der Waals surface area contributed by atoms with E-state index in [0.717, 1.165) is 4.40 Å². The molecule has 0 unspecified atom stereocenters. The molecule has 0 aliphatic rings. The lowest BCUT2D eigenvalue weighted by atomic mass is 10.0. The van der Waals surface area contributed by atoms with Crippen molar-refractivity contribution in [1.82, 2.24) is 14.3 Å². The molecule has 1 amide bonds. The van der Waals surface area contributed by atoms with Gasteiger partial charge in [-0.15, -0.1) is 0 Å². The number of likely N-dealkylation sites (N-methyl/N-ethyl adjacent to an activating group) is 1. The van der Waals surface area contributed by atoms with Crippen molar-refractivity contribution < 1.29 is 22.7 Å². The molecule has 0 bridgehead atoms. The largest absolute Gasteiger partial charge is 0.434 e. The normalized spacial score (nSPS) is 11.7. The van der Waals surface area contributed by atoms with Gasteiger partial charge < -0.3 is 9.64 Å². The first-order valence-electron chi connectivity index (χ1n) is 9.35.